The summed E-state index contributed by atoms with van der Waals surface area (Å²) in [6.07, 6.45) is 6.57. The molecule has 0 saturated carbocycles. The molecule has 1 heterocycles. The smallest absolute Gasteiger partial charge is 0.225 e. The lowest BCUT2D eigenvalue weighted by molar-refractivity contribution is -0.137. The van der Waals surface area contributed by atoms with Gasteiger partial charge < -0.3 is 4.90 Å². The first-order valence-corrected chi connectivity index (χ1v) is 7.61. The minimum Gasteiger partial charge on any atom is -0.342 e. The van der Waals surface area contributed by atoms with Crippen molar-refractivity contribution in [1.82, 2.24) is 4.90 Å². The second-order valence-electron chi connectivity index (χ2n) is 5.22. The van der Waals surface area contributed by atoms with Crippen molar-refractivity contribution < 1.29 is 4.79 Å². The van der Waals surface area contributed by atoms with Crippen molar-refractivity contribution in [3.8, 4) is 0 Å². The van der Waals surface area contributed by atoms with Gasteiger partial charge in [0, 0.05) is 24.9 Å². The summed E-state index contributed by atoms with van der Waals surface area (Å²) >= 11 is 5.91. The number of hydrogen-bond acceptors (Lipinski definition) is 1. The number of alkyl halides is 1. The Labute approximate surface area is 111 Å². The van der Waals surface area contributed by atoms with Gasteiger partial charge in [-0.1, -0.05) is 26.7 Å². The van der Waals surface area contributed by atoms with E-state index in [4.69, 9.17) is 11.6 Å². The molecule has 1 unspecified atom stereocenters. The van der Waals surface area contributed by atoms with Crippen molar-refractivity contribution in [3.05, 3.63) is 0 Å². The first kappa shape index (κ1) is 14.8. The molecule has 100 valence electrons. The van der Waals surface area contributed by atoms with Gasteiger partial charge in [-0.3, -0.25) is 4.79 Å². The topological polar surface area (TPSA) is 20.3 Å². The van der Waals surface area contributed by atoms with E-state index in [1.807, 2.05) is 0 Å². The fourth-order valence-electron chi connectivity index (χ4n) is 2.74. The number of carbonyl (C=O) groups excluding carboxylic acids is 1. The lowest BCUT2D eigenvalue weighted by Crippen LogP contribution is -2.43. The predicted octanol–water partition coefficient (Wildman–Crippen LogP) is 3.68. The number of piperidine rings is 1. The zero-order chi connectivity index (χ0) is 12.7. The van der Waals surface area contributed by atoms with Gasteiger partial charge in [0.2, 0.25) is 5.91 Å². The molecule has 1 atom stereocenters. The monoisotopic (exact) mass is 259 g/mol. The molecule has 2 nitrogen and oxygen atoms in total. The number of carbonyl (C=O) groups is 1. The molecule has 1 fully saturated rings. The third kappa shape index (κ3) is 4.50. The van der Waals surface area contributed by atoms with Gasteiger partial charge in [0.1, 0.15) is 0 Å². The number of halogens is 1. The molecule has 1 amide bonds. The van der Waals surface area contributed by atoms with Gasteiger partial charge in [-0.05, 0) is 31.6 Å². The summed E-state index contributed by atoms with van der Waals surface area (Å²) in [5, 5.41) is 0. The Morgan fingerprint density at radius 3 is 2.53 bits per heavy atom. The lowest BCUT2D eigenvalue weighted by atomic mass is 9.93. The zero-order valence-corrected chi connectivity index (χ0v) is 12.0. The van der Waals surface area contributed by atoms with E-state index in [2.05, 4.69) is 18.7 Å². The van der Waals surface area contributed by atoms with Crippen LogP contribution in [-0.4, -0.2) is 29.8 Å². The van der Waals surface area contributed by atoms with Gasteiger partial charge in [-0.15, -0.1) is 11.6 Å². The van der Waals surface area contributed by atoms with E-state index in [0.29, 0.717) is 17.7 Å². The molecular weight excluding hydrogens is 234 g/mol. The van der Waals surface area contributed by atoms with Crippen molar-refractivity contribution in [2.24, 2.45) is 11.8 Å². The average molecular weight is 260 g/mol. The van der Waals surface area contributed by atoms with Crippen molar-refractivity contribution >= 4 is 17.5 Å². The van der Waals surface area contributed by atoms with E-state index in [1.165, 1.54) is 6.42 Å². The van der Waals surface area contributed by atoms with Crippen LogP contribution < -0.4 is 0 Å². The standard InChI is InChI=1S/C14H26ClNO/c1-3-6-13(7-4-2)14(17)16-9-5-8-12(10-15)11-16/h12-13H,3-11H2,1-2H3. The molecule has 0 aromatic heterocycles. The number of rotatable bonds is 6. The summed E-state index contributed by atoms with van der Waals surface area (Å²) in [5.41, 5.74) is 0. The molecule has 0 bridgehead atoms. The molecule has 0 aliphatic carbocycles. The van der Waals surface area contributed by atoms with Crippen LogP contribution in [0.1, 0.15) is 52.4 Å². The molecule has 0 N–H and O–H groups in total. The molecule has 0 spiro atoms. The number of amides is 1. The van der Waals surface area contributed by atoms with Crippen molar-refractivity contribution in [2.75, 3.05) is 19.0 Å². The third-order valence-electron chi connectivity index (χ3n) is 3.67. The molecule has 3 heteroatoms. The van der Waals surface area contributed by atoms with Crippen LogP contribution >= 0.6 is 11.6 Å². The first-order chi connectivity index (χ1) is 8.22. The molecule has 1 saturated heterocycles. The first-order valence-electron chi connectivity index (χ1n) is 7.07. The SMILES string of the molecule is CCCC(CCC)C(=O)N1CCCC(CCl)C1. The third-order valence-corrected chi connectivity index (χ3v) is 4.11. The lowest BCUT2D eigenvalue weighted by Gasteiger charge is -2.34. The molecule has 0 radical (unpaired) electrons. The van der Waals surface area contributed by atoms with Gasteiger partial charge in [0.25, 0.3) is 0 Å². The van der Waals surface area contributed by atoms with E-state index < -0.39 is 0 Å². The molecule has 0 aromatic carbocycles. The summed E-state index contributed by atoms with van der Waals surface area (Å²) in [5.74, 6) is 1.83. The molecular formula is C14H26ClNO. The largest absolute Gasteiger partial charge is 0.342 e. The molecule has 1 aliphatic heterocycles. The van der Waals surface area contributed by atoms with Crippen LogP contribution in [0.3, 0.4) is 0 Å². The van der Waals surface area contributed by atoms with Crippen molar-refractivity contribution in [1.29, 1.82) is 0 Å². The van der Waals surface area contributed by atoms with E-state index in [-0.39, 0.29) is 5.92 Å². The maximum Gasteiger partial charge on any atom is 0.225 e. The Hall–Kier alpha value is -0.240. The van der Waals surface area contributed by atoms with Crippen LogP contribution in [0.4, 0.5) is 0 Å². The van der Waals surface area contributed by atoms with E-state index in [0.717, 1.165) is 45.2 Å². The van der Waals surface area contributed by atoms with Crippen molar-refractivity contribution in [3.63, 3.8) is 0 Å². The predicted molar refractivity (Wildman–Crippen MR) is 73.3 cm³/mol. The molecule has 17 heavy (non-hydrogen) atoms. The minimum atomic E-state index is 0.249. The highest BCUT2D eigenvalue weighted by Crippen LogP contribution is 2.22. The number of nitrogens with zero attached hydrogens (tertiary/aromatic N) is 1. The van der Waals surface area contributed by atoms with Crippen LogP contribution in [0.15, 0.2) is 0 Å². The summed E-state index contributed by atoms with van der Waals surface area (Å²) in [6.45, 7) is 6.14. The van der Waals surface area contributed by atoms with Gasteiger partial charge in [0.15, 0.2) is 0 Å². The van der Waals surface area contributed by atoms with E-state index in [9.17, 15) is 4.79 Å². The quantitative estimate of drug-likeness (QED) is 0.667. The normalized spacial score (nSPS) is 20.9. The fourth-order valence-corrected chi connectivity index (χ4v) is 2.99. The van der Waals surface area contributed by atoms with Crippen LogP contribution in [0.5, 0.6) is 0 Å². The zero-order valence-electron chi connectivity index (χ0n) is 11.3. The van der Waals surface area contributed by atoms with Gasteiger partial charge in [-0.2, -0.15) is 0 Å². The number of likely N-dealkylation sites (tertiary alicyclic amines) is 1. The highest BCUT2D eigenvalue weighted by molar-refractivity contribution is 6.18. The highest BCUT2D eigenvalue weighted by atomic mass is 35.5. The maximum absolute atomic E-state index is 12.4. The molecule has 1 rings (SSSR count). The summed E-state index contributed by atoms with van der Waals surface area (Å²) in [6, 6.07) is 0. The number of hydrogen-bond donors (Lipinski definition) is 0. The second-order valence-corrected chi connectivity index (χ2v) is 5.53. The van der Waals surface area contributed by atoms with E-state index in [1.54, 1.807) is 0 Å². The Bertz CT molecular complexity index is 226. The summed E-state index contributed by atoms with van der Waals surface area (Å²) in [7, 11) is 0. The van der Waals surface area contributed by atoms with Crippen LogP contribution in [0.25, 0.3) is 0 Å². The van der Waals surface area contributed by atoms with Gasteiger partial charge in [0.05, 0.1) is 0 Å². The Kier molecular flexibility index (Phi) is 6.94. The van der Waals surface area contributed by atoms with E-state index >= 15 is 0 Å². The van der Waals surface area contributed by atoms with Gasteiger partial charge >= 0.3 is 0 Å². The summed E-state index contributed by atoms with van der Waals surface area (Å²) in [4.78, 5) is 14.5. The van der Waals surface area contributed by atoms with Crippen molar-refractivity contribution in [2.45, 2.75) is 52.4 Å². The molecule has 0 aromatic rings. The average Bonchev–Trinajstić information content (AvgIpc) is 2.38. The van der Waals surface area contributed by atoms with Crippen LogP contribution in [0, 0.1) is 11.8 Å². The summed E-state index contributed by atoms with van der Waals surface area (Å²) < 4.78 is 0. The minimum absolute atomic E-state index is 0.249. The second kappa shape index (κ2) is 7.97. The Balaban J connectivity index is 2.53. The fraction of sp³-hybridized carbons (Fsp3) is 0.929. The maximum atomic E-state index is 12.4. The highest BCUT2D eigenvalue weighted by Gasteiger charge is 2.27. The molecule has 1 aliphatic rings. The Morgan fingerprint density at radius 2 is 2.00 bits per heavy atom. The van der Waals surface area contributed by atoms with Gasteiger partial charge in [-0.25, -0.2) is 0 Å². The Morgan fingerprint density at radius 1 is 1.35 bits per heavy atom. The van der Waals surface area contributed by atoms with Crippen LogP contribution in [0.2, 0.25) is 0 Å². The van der Waals surface area contributed by atoms with Crippen LogP contribution in [-0.2, 0) is 4.79 Å².